The molecule has 0 spiro atoms. The van der Waals surface area contributed by atoms with Gasteiger partial charge in [-0.15, -0.1) is 11.3 Å². The fraction of sp³-hybridized carbons (Fsp3) is 0.692. The quantitative estimate of drug-likeness (QED) is 0.726. The maximum Gasteiger partial charge on any atom is 0.0388 e. The fourth-order valence-corrected chi connectivity index (χ4v) is 2.72. The molecule has 1 atom stereocenters. The summed E-state index contributed by atoms with van der Waals surface area (Å²) in [5.41, 5.74) is 0. The molecule has 2 heteroatoms. The first-order chi connectivity index (χ1) is 7.27. The molecule has 1 aromatic heterocycles. The molecule has 15 heavy (non-hydrogen) atoms. The van der Waals surface area contributed by atoms with Crippen LogP contribution >= 0.6 is 11.3 Å². The van der Waals surface area contributed by atoms with Gasteiger partial charge in [0, 0.05) is 17.0 Å². The Labute approximate surface area is 97.9 Å². The Balaban J connectivity index is 2.43. The molecule has 1 heterocycles. The largest absolute Gasteiger partial charge is 0.307 e. The number of hydrogen-bond acceptors (Lipinski definition) is 2. The van der Waals surface area contributed by atoms with Gasteiger partial charge in [-0.3, -0.25) is 0 Å². The topological polar surface area (TPSA) is 12.0 Å². The second kappa shape index (κ2) is 7.02. The van der Waals surface area contributed by atoms with Crippen LogP contribution in [0.5, 0.6) is 0 Å². The van der Waals surface area contributed by atoms with Gasteiger partial charge in [-0.05, 0) is 31.2 Å². The molecule has 1 N–H and O–H groups in total. The summed E-state index contributed by atoms with van der Waals surface area (Å²) >= 11 is 1.85. The van der Waals surface area contributed by atoms with Gasteiger partial charge < -0.3 is 5.32 Å². The summed E-state index contributed by atoms with van der Waals surface area (Å²) in [5, 5.41) is 5.89. The van der Waals surface area contributed by atoms with Crippen molar-refractivity contribution in [2.75, 3.05) is 0 Å². The van der Waals surface area contributed by atoms with Gasteiger partial charge in [0.25, 0.3) is 0 Å². The van der Waals surface area contributed by atoms with Gasteiger partial charge in [0.15, 0.2) is 0 Å². The minimum atomic E-state index is 0.507. The number of nitrogens with one attached hydrogen (secondary N) is 1. The molecule has 1 unspecified atom stereocenters. The molecule has 0 fully saturated rings. The molecule has 1 aromatic rings. The third-order valence-electron chi connectivity index (χ3n) is 2.73. The molecule has 1 nitrogen and oxygen atoms in total. The lowest BCUT2D eigenvalue weighted by atomic mass is 10.1. The molecular weight excluding hydrogens is 202 g/mol. The van der Waals surface area contributed by atoms with Crippen molar-refractivity contribution in [2.24, 2.45) is 0 Å². The van der Waals surface area contributed by atoms with Crippen molar-refractivity contribution >= 4 is 11.3 Å². The van der Waals surface area contributed by atoms with E-state index >= 15 is 0 Å². The molecule has 0 radical (unpaired) electrons. The van der Waals surface area contributed by atoms with Gasteiger partial charge >= 0.3 is 0 Å². The molecule has 0 saturated heterocycles. The van der Waals surface area contributed by atoms with Gasteiger partial charge in [-0.1, -0.05) is 32.8 Å². The Morgan fingerprint density at radius 2 is 1.93 bits per heavy atom. The normalized spacial score (nSPS) is 13.3. The Kier molecular flexibility index (Phi) is 5.96. The zero-order valence-electron chi connectivity index (χ0n) is 10.1. The summed E-state index contributed by atoms with van der Waals surface area (Å²) in [7, 11) is 0. The van der Waals surface area contributed by atoms with Crippen LogP contribution in [-0.2, 0) is 0 Å². The average molecular weight is 225 g/mol. The third-order valence-corrected chi connectivity index (χ3v) is 3.78. The Morgan fingerprint density at radius 1 is 1.27 bits per heavy atom. The Hall–Kier alpha value is -0.340. The summed E-state index contributed by atoms with van der Waals surface area (Å²) in [6, 6.07) is 5.55. The molecule has 0 aromatic carbocycles. The summed E-state index contributed by atoms with van der Waals surface area (Å²) in [4.78, 5) is 1.45. The van der Waals surface area contributed by atoms with E-state index in [0.717, 1.165) is 0 Å². The second-order valence-electron chi connectivity index (χ2n) is 4.18. The van der Waals surface area contributed by atoms with E-state index in [1.54, 1.807) is 0 Å². The zero-order valence-corrected chi connectivity index (χ0v) is 10.9. The lowest BCUT2D eigenvalue weighted by Gasteiger charge is -2.22. The van der Waals surface area contributed by atoms with Crippen LogP contribution in [0.2, 0.25) is 0 Å². The predicted octanol–water partition coefficient (Wildman–Crippen LogP) is 4.37. The lowest BCUT2D eigenvalue weighted by Crippen LogP contribution is -2.30. The van der Waals surface area contributed by atoms with Gasteiger partial charge in [0.05, 0.1) is 0 Å². The van der Waals surface area contributed by atoms with E-state index in [2.05, 4.69) is 43.6 Å². The summed E-state index contributed by atoms with van der Waals surface area (Å²) in [6.07, 6.45) is 5.14. The highest BCUT2D eigenvalue weighted by molar-refractivity contribution is 7.10. The molecular formula is C13H23NS. The van der Waals surface area contributed by atoms with E-state index in [1.165, 1.54) is 30.6 Å². The van der Waals surface area contributed by atoms with Crippen molar-refractivity contribution in [3.05, 3.63) is 22.4 Å². The van der Waals surface area contributed by atoms with Crippen molar-refractivity contribution in [2.45, 2.75) is 58.5 Å². The SMILES string of the molecule is CCCC(CCC)NC(C)c1cccs1. The highest BCUT2D eigenvalue weighted by atomic mass is 32.1. The Bertz CT molecular complexity index is 237. The molecule has 0 aliphatic rings. The van der Waals surface area contributed by atoms with Crippen LogP contribution in [0.25, 0.3) is 0 Å². The van der Waals surface area contributed by atoms with Gasteiger partial charge in [-0.2, -0.15) is 0 Å². The van der Waals surface area contributed by atoms with Crippen molar-refractivity contribution in [1.82, 2.24) is 5.32 Å². The number of thiophene rings is 1. The lowest BCUT2D eigenvalue weighted by molar-refractivity contribution is 0.405. The minimum Gasteiger partial charge on any atom is -0.307 e. The monoisotopic (exact) mass is 225 g/mol. The maximum atomic E-state index is 3.73. The average Bonchev–Trinajstić information content (AvgIpc) is 2.71. The predicted molar refractivity (Wildman–Crippen MR) is 69.5 cm³/mol. The molecule has 0 aliphatic heterocycles. The van der Waals surface area contributed by atoms with Gasteiger partial charge in [-0.25, -0.2) is 0 Å². The first-order valence-electron chi connectivity index (χ1n) is 6.07. The first-order valence-corrected chi connectivity index (χ1v) is 6.95. The standard InChI is InChI=1S/C13H23NS/c1-4-7-12(8-5-2)14-11(3)13-9-6-10-15-13/h6,9-12,14H,4-5,7-8H2,1-3H3. The molecule has 0 bridgehead atoms. The van der Waals surface area contributed by atoms with E-state index < -0.39 is 0 Å². The summed E-state index contributed by atoms with van der Waals surface area (Å²) < 4.78 is 0. The molecule has 1 rings (SSSR count). The third kappa shape index (κ3) is 4.35. The summed E-state index contributed by atoms with van der Waals surface area (Å²) in [6.45, 7) is 6.80. The number of rotatable bonds is 7. The number of hydrogen-bond donors (Lipinski definition) is 1. The van der Waals surface area contributed by atoms with Crippen molar-refractivity contribution in [1.29, 1.82) is 0 Å². The maximum absolute atomic E-state index is 3.73. The van der Waals surface area contributed by atoms with E-state index in [0.29, 0.717) is 12.1 Å². The fourth-order valence-electron chi connectivity index (χ4n) is 1.98. The van der Waals surface area contributed by atoms with Gasteiger partial charge in [0.1, 0.15) is 0 Å². The van der Waals surface area contributed by atoms with Crippen molar-refractivity contribution < 1.29 is 0 Å². The van der Waals surface area contributed by atoms with Crippen LogP contribution < -0.4 is 5.32 Å². The molecule has 0 saturated carbocycles. The van der Waals surface area contributed by atoms with Crippen LogP contribution in [0.15, 0.2) is 17.5 Å². The molecule has 86 valence electrons. The smallest absolute Gasteiger partial charge is 0.0388 e. The van der Waals surface area contributed by atoms with E-state index in [4.69, 9.17) is 0 Å². The van der Waals surface area contributed by atoms with E-state index in [9.17, 15) is 0 Å². The van der Waals surface area contributed by atoms with Crippen molar-refractivity contribution in [3.8, 4) is 0 Å². The van der Waals surface area contributed by atoms with Crippen LogP contribution in [0.1, 0.15) is 57.4 Å². The second-order valence-corrected chi connectivity index (χ2v) is 5.16. The molecule has 0 amide bonds. The van der Waals surface area contributed by atoms with Gasteiger partial charge in [0.2, 0.25) is 0 Å². The zero-order chi connectivity index (χ0) is 11.1. The van der Waals surface area contributed by atoms with Crippen molar-refractivity contribution in [3.63, 3.8) is 0 Å². The molecule has 0 aliphatic carbocycles. The highest BCUT2D eigenvalue weighted by Crippen LogP contribution is 2.20. The van der Waals surface area contributed by atoms with Crippen LogP contribution in [0.3, 0.4) is 0 Å². The minimum absolute atomic E-state index is 0.507. The first kappa shape index (κ1) is 12.7. The Morgan fingerprint density at radius 3 is 2.40 bits per heavy atom. The van der Waals surface area contributed by atoms with E-state index in [-0.39, 0.29) is 0 Å². The highest BCUT2D eigenvalue weighted by Gasteiger charge is 2.12. The van der Waals surface area contributed by atoms with Crippen LogP contribution in [0, 0.1) is 0 Å². The summed E-state index contributed by atoms with van der Waals surface area (Å²) in [5.74, 6) is 0. The van der Waals surface area contributed by atoms with Crippen LogP contribution in [-0.4, -0.2) is 6.04 Å². The van der Waals surface area contributed by atoms with E-state index in [1.807, 2.05) is 11.3 Å². The van der Waals surface area contributed by atoms with Crippen LogP contribution in [0.4, 0.5) is 0 Å².